The first-order chi connectivity index (χ1) is 15.2. The average molecular weight is 418 g/mol. The molecule has 1 aliphatic heterocycles. The van der Waals surface area contributed by atoms with Crippen LogP contribution in [0.2, 0.25) is 0 Å². The van der Waals surface area contributed by atoms with Gasteiger partial charge < -0.3 is 15.0 Å². The molecule has 1 amide bonds. The summed E-state index contributed by atoms with van der Waals surface area (Å²) in [5.41, 5.74) is 2.07. The van der Waals surface area contributed by atoms with Crippen LogP contribution in [0.5, 0.6) is 5.75 Å². The van der Waals surface area contributed by atoms with E-state index in [1.54, 1.807) is 19.5 Å². The van der Waals surface area contributed by atoms with E-state index in [-0.39, 0.29) is 11.9 Å². The fourth-order valence-electron chi connectivity index (χ4n) is 3.77. The first kappa shape index (κ1) is 20.8. The Hall–Kier alpha value is -3.45. The van der Waals surface area contributed by atoms with Gasteiger partial charge in [-0.1, -0.05) is 42.5 Å². The molecule has 7 heteroatoms. The maximum atomic E-state index is 12.9. The Morgan fingerprint density at radius 3 is 2.23 bits per heavy atom. The molecule has 0 aliphatic carbocycles. The summed E-state index contributed by atoms with van der Waals surface area (Å²) in [7, 11) is 1.65. The van der Waals surface area contributed by atoms with Crippen molar-refractivity contribution in [3.63, 3.8) is 0 Å². The lowest BCUT2D eigenvalue weighted by Gasteiger charge is -2.34. The van der Waals surface area contributed by atoms with Gasteiger partial charge in [-0.25, -0.2) is 9.97 Å². The van der Waals surface area contributed by atoms with Crippen molar-refractivity contribution in [1.82, 2.24) is 20.2 Å². The molecule has 0 spiro atoms. The molecular formula is C24H27N5O2. The number of ether oxygens (including phenoxy) is 1. The lowest BCUT2D eigenvalue weighted by Crippen LogP contribution is -2.50. The number of amides is 1. The zero-order chi connectivity index (χ0) is 21.5. The molecule has 3 aromatic rings. The molecule has 1 saturated heterocycles. The normalized spacial score (nSPS) is 15.3. The maximum Gasteiger partial charge on any atom is 0.234 e. The van der Waals surface area contributed by atoms with Crippen LogP contribution in [0.1, 0.15) is 17.2 Å². The van der Waals surface area contributed by atoms with Crippen LogP contribution < -0.4 is 15.0 Å². The van der Waals surface area contributed by atoms with Gasteiger partial charge in [0.25, 0.3) is 0 Å². The summed E-state index contributed by atoms with van der Waals surface area (Å²) in [4.78, 5) is 25.9. The van der Waals surface area contributed by atoms with E-state index in [0.717, 1.165) is 49.0 Å². The van der Waals surface area contributed by atoms with Crippen LogP contribution in [0.3, 0.4) is 0 Å². The van der Waals surface area contributed by atoms with E-state index in [9.17, 15) is 4.79 Å². The fraction of sp³-hybridized carbons (Fsp3) is 0.292. The lowest BCUT2D eigenvalue weighted by atomic mass is 9.98. The number of benzene rings is 2. The van der Waals surface area contributed by atoms with E-state index in [4.69, 9.17) is 4.74 Å². The van der Waals surface area contributed by atoms with Gasteiger partial charge in [-0.3, -0.25) is 9.69 Å². The molecule has 1 atom stereocenters. The van der Waals surface area contributed by atoms with Crippen LogP contribution in [-0.4, -0.2) is 60.6 Å². The first-order valence-electron chi connectivity index (χ1n) is 10.5. The monoisotopic (exact) mass is 417 g/mol. The maximum absolute atomic E-state index is 12.9. The van der Waals surface area contributed by atoms with E-state index in [1.165, 1.54) is 0 Å². The first-order valence-corrected chi connectivity index (χ1v) is 10.5. The largest absolute Gasteiger partial charge is 0.497 e. The Balaban J connectivity index is 1.39. The van der Waals surface area contributed by atoms with E-state index in [0.29, 0.717) is 6.54 Å². The molecule has 1 N–H and O–H groups in total. The zero-order valence-corrected chi connectivity index (χ0v) is 17.6. The minimum atomic E-state index is -0.210. The zero-order valence-electron chi connectivity index (χ0n) is 17.6. The molecule has 0 bridgehead atoms. The van der Waals surface area contributed by atoms with Gasteiger partial charge in [-0.15, -0.1) is 0 Å². The van der Waals surface area contributed by atoms with Crippen LogP contribution in [0.15, 0.2) is 73.1 Å². The van der Waals surface area contributed by atoms with Crippen molar-refractivity contribution in [3.8, 4) is 5.75 Å². The predicted molar refractivity (Wildman–Crippen MR) is 120 cm³/mol. The Morgan fingerprint density at radius 2 is 1.58 bits per heavy atom. The van der Waals surface area contributed by atoms with E-state index in [2.05, 4.69) is 25.1 Å². The summed E-state index contributed by atoms with van der Waals surface area (Å²) in [6.07, 6.45) is 3.51. The average Bonchev–Trinajstić information content (AvgIpc) is 2.84. The molecule has 1 aromatic heterocycles. The van der Waals surface area contributed by atoms with Gasteiger partial charge in [0, 0.05) is 38.6 Å². The van der Waals surface area contributed by atoms with Crippen molar-refractivity contribution in [2.45, 2.75) is 6.04 Å². The van der Waals surface area contributed by atoms with Gasteiger partial charge in [-0.2, -0.15) is 0 Å². The van der Waals surface area contributed by atoms with Crippen molar-refractivity contribution in [1.29, 1.82) is 0 Å². The number of carbonyl (C=O) groups is 1. The summed E-state index contributed by atoms with van der Waals surface area (Å²) in [5, 5.41) is 3.22. The predicted octanol–water partition coefficient (Wildman–Crippen LogP) is 2.51. The van der Waals surface area contributed by atoms with Crippen molar-refractivity contribution in [2.24, 2.45) is 0 Å². The van der Waals surface area contributed by atoms with Gasteiger partial charge in [0.1, 0.15) is 5.75 Å². The van der Waals surface area contributed by atoms with E-state index >= 15 is 0 Å². The summed E-state index contributed by atoms with van der Waals surface area (Å²) in [6, 6.07) is 19.5. The number of aromatic nitrogens is 2. The molecule has 1 aliphatic rings. The minimum absolute atomic E-state index is 0.00841. The molecule has 0 radical (unpaired) electrons. The second kappa shape index (κ2) is 10.0. The standard InChI is InChI=1S/C24H27N5O2/c1-31-21-10-8-20(9-11-21)23(19-6-3-2-4-7-19)27-22(30)18-28-14-16-29(17-15-28)24-25-12-5-13-26-24/h2-13,23H,14-18H2,1H3,(H,27,30). The second-order valence-corrected chi connectivity index (χ2v) is 7.50. The number of piperazine rings is 1. The van der Waals surface area contributed by atoms with Gasteiger partial charge in [0.15, 0.2) is 0 Å². The van der Waals surface area contributed by atoms with E-state index < -0.39 is 0 Å². The third-order valence-electron chi connectivity index (χ3n) is 5.46. The molecule has 0 saturated carbocycles. The molecule has 2 aromatic carbocycles. The molecule has 1 unspecified atom stereocenters. The molecule has 31 heavy (non-hydrogen) atoms. The van der Waals surface area contributed by atoms with Crippen LogP contribution in [0.4, 0.5) is 5.95 Å². The van der Waals surface area contributed by atoms with Crippen LogP contribution >= 0.6 is 0 Å². The summed E-state index contributed by atoms with van der Waals surface area (Å²) in [5.74, 6) is 1.55. The topological polar surface area (TPSA) is 70.6 Å². The Labute approximate surface area is 182 Å². The Kier molecular flexibility index (Phi) is 6.74. The quantitative estimate of drug-likeness (QED) is 0.637. The van der Waals surface area contributed by atoms with Gasteiger partial charge in [0.2, 0.25) is 11.9 Å². The number of nitrogens with zero attached hydrogens (tertiary/aromatic N) is 4. The number of hydrogen-bond donors (Lipinski definition) is 1. The van der Waals surface area contributed by atoms with Crippen LogP contribution in [0, 0.1) is 0 Å². The van der Waals surface area contributed by atoms with Gasteiger partial charge >= 0.3 is 0 Å². The lowest BCUT2D eigenvalue weighted by molar-refractivity contribution is -0.122. The van der Waals surface area contributed by atoms with Gasteiger partial charge in [-0.05, 0) is 29.3 Å². The van der Waals surface area contributed by atoms with Crippen molar-refractivity contribution >= 4 is 11.9 Å². The van der Waals surface area contributed by atoms with Crippen molar-refractivity contribution in [3.05, 3.63) is 84.2 Å². The van der Waals surface area contributed by atoms with Crippen LogP contribution in [0.25, 0.3) is 0 Å². The molecule has 2 heterocycles. The van der Waals surface area contributed by atoms with E-state index in [1.807, 2.05) is 60.7 Å². The van der Waals surface area contributed by atoms with Gasteiger partial charge in [0.05, 0.1) is 19.7 Å². The second-order valence-electron chi connectivity index (χ2n) is 7.50. The summed E-state index contributed by atoms with van der Waals surface area (Å²) in [6.45, 7) is 3.56. The third-order valence-corrected chi connectivity index (χ3v) is 5.46. The Bertz CT molecular complexity index is 958. The molecular weight excluding hydrogens is 390 g/mol. The number of hydrogen-bond acceptors (Lipinski definition) is 6. The smallest absolute Gasteiger partial charge is 0.234 e. The molecule has 4 rings (SSSR count). The molecule has 1 fully saturated rings. The third kappa shape index (κ3) is 5.38. The fourth-order valence-corrected chi connectivity index (χ4v) is 3.77. The number of nitrogens with one attached hydrogen (secondary N) is 1. The summed E-state index contributed by atoms with van der Waals surface area (Å²) < 4.78 is 5.27. The highest BCUT2D eigenvalue weighted by molar-refractivity contribution is 5.79. The number of carbonyl (C=O) groups excluding carboxylic acids is 1. The highest BCUT2D eigenvalue weighted by Crippen LogP contribution is 2.24. The Morgan fingerprint density at radius 1 is 0.935 bits per heavy atom. The molecule has 160 valence electrons. The number of rotatable bonds is 7. The number of anilines is 1. The highest BCUT2D eigenvalue weighted by Gasteiger charge is 2.22. The molecule has 7 nitrogen and oxygen atoms in total. The number of methoxy groups -OCH3 is 1. The van der Waals surface area contributed by atoms with Crippen LogP contribution in [-0.2, 0) is 4.79 Å². The minimum Gasteiger partial charge on any atom is -0.497 e. The van der Waals surface area contributed by atoms with Crippen molar-refractivity contribution < 1.29 is 9.53 Å². The highest BCUT2D eigenvalue weighted by atomic mass is 16.5. The van der Waals surface area contributed by atoms with Crippen molar-refractivity contribution in [2.75, 3.05) is 44.7 Å². The SMILES string of the molecule is COc1ccc(C(NC(=O)CN2CCN(c3ncccn3)CC2)c2ccccc2)cc1. The summed E-state index contributed by atoms with van der Waals surface area (Å²) >= 11 is 0.